The smallest absolute Gasteiger partial charge is 0.141 e. The number of hydrogen-bond donors (Lipinski definition) is 1. The second-order valence-electron chi connectivity index (χ2n) is 4.93. The van der Waals surface area contributed by atoms with Crippen molar-refractivity contribution in [1.82, 2.24) is 9.97 Å². The van der Waals surface area contributed by atoms with E-state index in [0.717, 1.165) is 29.1 Å². The van der Waals surface area contributed by atoms with Gasteiger partial charge in [0.05, 0.1) is 13.2 Å². The van der Waals surface area contributed by atoms with Gasteiger partial charge in [0, 0.05) is 24.3 Å². The molecule has 2 aromatic rings. The predicted molar refractivity (Wildman–Crippen MR) is 82.7 cm³/mol. The number of hydrogen-bond acceptors (Lipinski definition) is 4. The number of H-pyrrole nitrogens is 1. The van der Waals surface area contributed by atoms with E-state index in [1.165, 1.54) is 0 Å². The minimum absolute atomic E-state index is 0.217. The second kappa shape index (κ2) is 6.47. The molecule has 0 spiro atoms. The molecule has 0 saturated carbocycles. The molecule has 1 aliphatic heterocycles. The summed E-state index contributed by atoms with van der Waals surface area (Å²) in [5.74, 6) is 0.772. The summed E-state index contributed by atoms with van der Waals surface area (Å²) in [4.78, 5) is 7.94. The zero-order valence-corrected chi connectivity index (χ0v) is 12.8. The van der Waals surface area contributed by atoms with Crippen LogP contribution in [-0.4, -0.2) is 23.2 Å². The molecule has 1 aliphatic rings. The first-order valence-corrected chi connectivity index (χ1v) is 7.56. The van der Waals surface area contributed by atoms with Gasteiger partial charge in [0.25, 0.3) is 0 Å². The van der Waals surface area contributed by atoms with Crippen LogP contribution < -0.4 is 0 Å². The molecule has 0 radical (unpaired) electrons. The number of benzene rings is 1. The highest BCUT2D eigenvalue weighted by atomic mass is 32.1. The SMILES string of the molecule is CCOC(c1ccccc1)c1nc(=S)c2c([nH]1)CCOC2. The maximum Gasteiger partial charge on any atom is 0.141 e. The Morgan fingerprint density at radius 3 is 2.95 bits per heavy atom. The van der Waals surface area contributed by atoms with Gasteiger partial charge in [0.1, 0.15) is 16.6 Å². The van der Waals surface area contributed by atoms with Crippen LogP contribution in [0, 0.1) is 4.64 Å². The van der Waals surface area contributed by atoms with E-state index in [0.29, 0.717) is 24.5 Å². The lowest BCUT2D eigenvalue weighted by molar-refractivity contribution is 0.0827. The van der Waals surface area contributed by atoms with E-state index >= 15 is 0 Å². The van der Waals surface area contributed by atoms with Gasteiger partial charge in [-0.3, -0.25) is 0 Å². The first-order valence-electron chi connectivity index (χ1n) is 7.16. The highest BCUT2D eigenvalue weighted by molar-refractivity contribution is 7.71. The van der Waals surface area contributed by atoms with Crippen LogP contribution in [0.2, 0.25) is 0 Å². The first kappa shape index (κ1) is 14.4. The molecule has 1 aromatic heterocycles. The predicted octanol–water partition coefficient (Wildman–Crippen LogP) is 3.34. The number of nitrogens with zero attached hydrogens (tertiary/aromatic N) is 1. The Labute approximate surface area is 129 Å². The van der Waals surface area contributed by atoms with E-state index in [4.69, 9.17) is 21.7 Å². The maximum absolute atomic E-state index is 5.89. The van der Waals surface area contributed by atoms with Crippen LogP contribution in [0.3, 0.4) is 0 Å². The van der Waals surface area contributed by atoms with Crippen LogP contribution in [0.1, 0.15) is 35.7 Å². The molecule has 0 bridgehead atoms. The lowest BCUT2D eigenvalue weighted by Crippen LogP contribution is -2.18. The Morgan fingerprint density at radius 2 is 2.19 bits per heavy atom. The molecular formula is C16H18N2O2S. The van der Waals surface area contributed by atoms with Crippen LogP contribution in [-0.2, 0) is 22.5 Å². The number of ether oxygens (including phenoxy) is 2. The van der Waals surface area contributed by atoms with Crippen molar-refractivity contribution >= 4 is 12.2 Å². The molecule has 1 N–H and O–H groups in total. The molecule has 0 fully saturated rings. The topological polar surface area (TPSA) is 47.1 Å². The Balaban J connectivity index is 2.04. The first-order chi connectivity index (χ1) is 10.3. The van der Waals surface area contributed by atoms with Crippen molar-refractivity contribution in [2.45, 2.75) is 26.1 Å². The molecule has 1 aromatic carbocycles. The van der Waals surface area contributed by atoms with E-state index in [1.807, 2.05) is 37.3 Å². The molecule has 110 valence electrons. The number of fused-ring (bicyclic) bond motifs is 1. The van der Waals surface area contributed by atoms with Gasteiger partial charge in [-0.25, -0.2) is 4.98 Å². The van der Waals surface area contributed by atoms with Crippen molar-refractivity contribution in [2.75, 3.05) is 13.2 Å². The fourth-order valence-corrected chi connectivity index (χ4v) is 2.81. The van der Waals surface area contributed by atoms with Gasteiger partial charge < -0.3 is 14.5 Å². The minimum atomic E-state index is -0.217. The van der Waals surface area contributed by atoms with E-state index in [2.05, 4.69) is 9.97 Å². The fourth-order valence-electron chi connectivity index (χ4n) is 2.53. The summed E-state index contributed by atoms with van der Waals surface area (Å²) in [5.41, 5.74) is 3.20. The number of nitrogens with one attached hydrogen (secondary N) is 1. The molecule has 4 nitrogen and oxygen atoms in total. The van der Waals surface area contributed by atoms with Crippen molar-refractivity contribution in [3.63, 3.8) is 0 Å². The summed E-state index contributed by atoms with van der Waals surface area (Å²) in [5, 5.41) is 0. The summed E-state index contributed by atoms with van der Waals surface area (Å²) in [6.07, 6.45) is 0.619. The largest absolute Gasteiger partial charge is 0.376 e. The molecular weight excluding hydrogens is 284 g/mol. The van der Waals surface area contributed by atoms with Gasteiger partial charge >= 0.3 is 0 Å². The quantitative estimate of drug-likeness (QED) is 0.880. The number of aromatic nitrogens is 2. The van der Waals surface area contributed by atoms with Gasteiger partial charge in [0.2, 0.25) is 0 Å². The van der Waals surface area contributed by atoms with Crippen LogP contribution in [0.25, 0.3) is 0 Å². The Bertz CT molecular complexity index is 670. The van der Waals surface area contributed by atoms with Crippen molar-refractivity contribution < 1.29 is 9.47 Å². The minimum Gasteiger partial charge on any atom is -0.376 e. The van der Waals surface area contributed by atoms with E-state index in [9.17, 15) is 0 Å². The highest BCUT2D eigenvalue weighted by Crippen LogP contribution is 2.25. The van der Waals surface area contributed by atoms with Gasteiger partial charge in [-0.05, 0) is 12.5 Å². The van der Waals surface area contributed by atoms with Crippen LogP contribution in [0.5, 0.6) is 0 Å². The van der Waals surface area contributed by atoms with E-state index < -0.39 is 0 Å². The normalized spacial score (nSPS) is 15.5. The van der Waals surface area contributed by atoms with E-state index in [1.54, 1.807) is 0 Å². The molecule has 2 heterocycles. The zero-order valence-electron chi connectivity index (χ0n) is 12.0. The van der Waals surface area contributed by atoms with Gasteiger partial charge in [0.15, 0.2) is 0 Å². The number of aromatic amines is 1. The average molecular weight is 302 g/mol. The maximum atomic E-state index is 5.89. The van der Waals surface area contributed by atoms with Crippen LogP contribution >= 0.6 is 12.2 Å². The fraction of sp³-hybridized carbons (Fsp3) is 0.375. The summed E-state index contributed by atoms with van der Waals surface area (Å²) < 4.78 is 12.0. The van der Waals surface area contributed by atoms with Crippen molar-refractivity contribution in [3.8, 4) is 0 Å². The van der Waals surface area contributed by atoms with Crippen LogP contribution in [0.4, 0.5) is 0 Å². The highest BCUT2D eigenvalue weighted by Gasteiger charge is 2.20. The lowest BCUT2D eigenvalue weighted by atomic mass is 10.1. The summed E-state index contributed by atoms with van der Waals surface area (Å²) >= 11 is 5.41. The van der Waals surface area contributed by atoms with Gasteiger partial charge in [-0.15, -0.1) is 0 Å². The Morgan fingerprint density at radius 1 is 1.38 bits per heavy atom. The third-order valence-corrected chi connectivity index (χ3v) is 3.89. The third-order valence-electron chi connectivity index (χ3n) is 3.55. The van der Waals surface area contributed by atoms with Gasteiger partial charge in [-0.1, -0.05) is 42.5 Å². The number of rotatable bonds is 4. The van der Waals surface area contributed by atoms with Crippen LogP contribution in [0.15, 0.2) is 30.3 Å². The zero-order chi connectivity index (χ0) is 14.7. The monoisotopic (exact) mass is 302 g/mol. The molecule has 0 aliphatic carbocycles. The molecule has 1 atom stereocenters. The molecule has 1 unspecified atom stereocenters. The molecule has 5 heteroatoms. The average Bonchev–Trinajstić information content (AvgIpc) is 2.53. The molecule has 3 rings (SSSR count). The van der Waals surface area contributed by atoms with Crippen molar-refractivity contribution in [1.29, 1.82) is 0 Å². The lowest BCUT2D eigenvalue weighted by Gasteiger charge is -2.21. The second-order valence-corrected chi connectivity index (χ2v) is 5.32. The molecule has 21 heavy (non-hydrogen) atoms. The van der Waals surface area contributed by atoms with E-state index in [-0.39, 0.29) is 6.10 Å². The van der Waals surface area contributed by atoms with Gasteiger partial charge in [-0.2, -0.15) is 0 Å². The molecule has 0 saturated heterocycles. The Hall–Kier alpha value is -1.56. The standard InChI is InChI=1S/C16H18N2O2S/c1-2-20-14(11-6-4-3-5-7-11)15-17-13-8-9-19-10-12(13)16(21)18-15/h3-7,14H,2,8-10H2,1H3,(H,17,18,21). The van der Waals surface area contributed by atoms with Crippen molar-refractivity contribution in [2.24, 2.45) is 0 Å². The van der Waals surface area contributed by atoms with Crippen molar-refractivity contribution in [3.05, 3.63) is 57.6 Å². The Kier molecular flexibility index (Phi) is 4.43. The third kappa shape index (κ3) is 3.05. The summed E-state index contributed by atoms with van der Waals surface area (Å²) in [6, 6.07) is 10.1. The molecule has 0 amide bonds. The summed E-state index contributed by atoms with van der Waals surface area (Å²) in [7, 11) is 0. The summed E-state index contributed by atoms with van der Waals surface area (Å²) in [6.45, 7) is 3.85.